The summed E-state index contributed by atoms with van der Waals surface area (Å²) in [4.78, 5) is 19.9. The van der Waals surface area contributed by atoms with Gasteiger partial charge in [-0.2, -0.15) is 0 Å². The standard InChI is InChI=1S/C9H13N3O3/c1-12(2)3-4-15-8-6-10-7(5-11-8)9(13)14/h5-6H,3-4H2,1-2H3,(H,13,14). The van der Waals surface area contributed by atoms with Crippen molar-refractivity contribution in [1.82, 2.24) is 14.9 Å². The molecule has 0 amide bonds. The molecule has 0 aliphatic rings. The van der Waals surface area contributed by atoms with Gasteiger partial charge in [0.05, 0.1) is 12.4 Å². The molecule has 0 saturated carbocycles. The number of rotatable bonds is 5. The van der Waals surface area contributed by atoms with E-state index in [1.165, 1.54) is 12.4 Å². The number of nitrogens with zero attached hydrogens (tertiary/aromatic N) is 3. The molecular formula is C9H13N3O3. The molecule has 1 heterocycles. The van der Waals surface area contributed by atoms with Crippen molar-refractivity contribution in [3.8, 4) is 5.88 Å². The van der Waals surface area contributed by atoms with Crippen LogP contribution in [-0.2, 0) is 0 Å². The molecule has 6 heteroatoms. The Morgan fingerprint density at radius 1 is 1.47 bits per heavy atom. The maximum absolute atomic E-state index is 10.5. The largest absolute Gasteiger partial charge is 0.476 e. The first kappa shape index (κ1) is 11.4. The number of likely N-dealkylation sites (N-methyl/N-ethyl adjacent to an activating group) is 1. The summed E-state index contributed by atoms with van der Waals surface area (Å²) in [6, 6.07) is 0. The number of aromatic carboxylic acids is 1. The summed E-state index contributed by atoms with van der Waals surface area (Å²) >= 11 is 0. The quantitative estimate of drug-likeness (QED) is 0.745. The maximum Gasteiger partial charge on any atom is 0.356 e. The minimum absolute atomic E-state index is 0.0880. The lowest BCUT2D eigenvalue weighted by Gasteiger charge is -2.09. The second kappa shape index (κ2) is 5.26. The SMILES string of the molecule is CN(C)CCOc1cnc(C(=O)O)cn1. The molecule has 0 unspecified atom stereocenters. The van der Waals surface area contributed by atoms with Crippen molar-refractivity contribution in [3.63, 3.8) is 0 Å². The minimum Gasteiger partial charge on any atom is -0.476 e. The van der Waals surface area contributed by atoms with E-state index in [0.29, 0.717) is 12.5 Å². The van der Waals surface area contributed by atoms with Crippen molar-refractivity contribution < 1.29 is 14.6 Å². The zero-order valence-electron chi connectivity index (χ0n) is 8.67. The van der Waals surface area contributed by atoms with Crippen LogP contribution in [0.4, 0.5) is 0 Å². The molecule has 0 spiro atoms. The monoisotopic (exact) mass is 211 g/mol. The van der Waals surface area contributed by atoms with Gasteiger partial charge in [-0.15, -0.1) is 0 Å². The van der Waals surface area contributed by atoms with E-state index in [9.17, 15) is 4.79 Å². The summed E-state index contributed by atoms with van der Waals surface area (Å²) in [5, 5.41) is 8.57. The molecule has 0 aliphatic heterocycles. The number of hydrogen-bond acceptors (Lipinski definition) is 5. The predicted molar refractivity (Wildman–Crippen MR) is 53.0 cm³/mol. The molecule has 0 aromatic carbocycles. The summed E-state index contributed by atoms with van der Waals surface area (Å²) < 4.78 is 5.24. The smallest absolute Gasteiger partial charge is 0.356 e. The summed E-state index contributed by atoms with van der Waals surface area (Å²) in [5.41, 5.74) is -0.0880. The van der Waals surface area contributed by atoms with Crippen LogP contribution in [0.1, 0.15) is 10.5 Å². The molecule has 0 atom stereocenters. The van der Waals surface area contributed by atoms with Crippen LogP contribution in [0, 0.1) is 0 Å². The van der Waals surface area contributed by atoms with Gasteiger partial charge < -0.3 is 14.7 Å². The van der Waals surface area contributed by atoms with Crippen LogP contribution in [0.3, 0.4) is 0 Å². The van der Waals surface area contributed by atoms with Gasteiger partial charge in [-0.1, -0.05) is 0 Å². The number of ether oxygens (including phenoxy) is 1. The highest BCUT2D eigenvalue weighted by Gasteiger charge is 2.04. The fourth-order valence-electron chi connectivity index (χ4n) is 0.834. The number of carbonyl (C=O) groups is 1. The molecule has 0 aliphatic carbocycles. The molecule has 1 rings (SSSR count). The Balaban J connectivity index is 2.46. The average molecular weight is 211 g/mol. The number of carboxylic acid groups (broad SMARTS) is 1. The lowest BCUT2D eigenvalue weighted by Crippen LogP contribution is -2.19. The van der Waals surface area contributed by atoms with Gasteiger partial charge in [0, 0.05) is 6.54 Å². The summed E-state index contributed by atoms with van der Waals surface area (Å²) in [6.45, 7) is 1.26. The van der Waals surface area contributed by atoms with Crippen molar-refractivity contribution in [1.29, 1.82) is 0 Å². The van der Waals surface area contributed by atoms with E-state index in [1.807, 2.05) is 19.0 Å². The predicted octanol–water partition coefficient (Wildman–Crippen LogP) is 0.115. The van der Waals surface area contributed by atoms with Gasteiger partial charge in [-0.05, 0) is 14.1 Å². The van der Waals surface area contributed by atoms with Crippen molar-refractivity contribution in [2.75, 3.05) is 27.2 Å². The lowest BCUT2D eigenvalue weighted by molar-refractivity contribution is 0.0689. The van der Waals surface area contributed by atoms with E-state index in [4.69, 9.17) is 9.84 Å². The lowest BCUT2D eigenvalue weighted by atomic mass is 10.5. The highest BCUT2D eigenvalue weighted by Crippen LogP contribution is 2.03. The minimum atomic E-state index is -1.10. The molecule has 0 radical (unpaired) electrons. The van der Waals surface area contributed by atoms with Gasteiger partial charge in [-0.3, -0.25) is 0 Å². The van der Waals surface area contributed by atoms with Gasteiger partial charge in [0.15, 0.2) is 5.69 Å². The van der Waals surface area contributed by atoms with E-state index in [0.717, 1.165) is 6.54 Å². The average Bonchev–Trinajstić information content (AvgIpc) is 2.18. The van der Waals surface area contributed by atoms with Crippen LogP contribution in [0.15, 0.2) is 12.4 Å². The van der Waals surface area contributed by atoms with Crippen LogP contribution < -0.4 is 4.74 Å². The first-order valence-electron chi connectivity index (χ1n) is 4.42. The van der Waals surface area contributed by atoms with Crippen molar-refractivity contribution in [2.45, 2.75) is 0 Å². The highest BCUT2D eigenvalue weighted by molar-refractivity contribution is 5.84. The Hall–Kier alpha value is -1.69. The maximum atomic E-state index is 10.5. The molecule has 0 fully saturated rings. The topological polar surface area (TPSA) is 75.5 Å². The second-order valence-corrected chi connectivity index (χ2v) is 3.20. The molecular weight excluding hydrogens is 198 g/mol. The zero-order chi connectivity index (χ0) is 11.3. The third-order valence-electron chi connectivity index (χ3n) is 1.64. The van der Waals surface area contributed by atoms with Crippen molar-refractivity contribution in [2.24, 2.45) is 0 Å². The number of aromatic nitrogens is 2. The molecule has 0 saturated heterocycles. The Morgan fingerprint density at radius 2 is 2.20 bits per heavy atom. The summed E-state index contributed by atoms with van der Waals surface area (Å²) in [6.07, 6.45) is 2.48. The summed E-state index contributed by atoms with van der Waals surface area (Å²) in [5.74, 6) is -0.760. The van der Waals surface area contributed by atoms with Crippen molar-refractivity contribution in [3.05, 3.63) is 18.1 Å². The second-order valence-electron chi connectivity index (χ2n) is 3.20. The Bertz CT molecular complexity index is 324. The van der Waals surface area contributed by atoms with E-state index >= 15 is 0 Å². The Labute approximate surface area is 87.5 Å². The van der Waals surface area contributed by atoms with Gasteiger partial charge in [-0.25, -0.2) is 14.8 Å². The number of hydrogen-bond donors (Lipinski definition) is 1. The molecule has 6 nitrogen and oxygen atoms in total. The van der Waals surface area contributed by atoms with E-state index in [-0.39, 0.29) is 5.69 Å². The van der Waals surface area contributed by atoms with Crippen LogP contribution in [-0.4, -0.2) is 53.2 Å². The molecule has 1 aromatic rings. The van der Waals surface area contributed by atoms with Crippen LogP contribution in [0.5, 0.6) is 5.88 Å². The highest BCUT2D eigenvalue weighted by atomic mass is 16.5. The Kier molecular flexibility index (Phi) is 3.99. The third kappa shape index (κ3) is 3.90. The number of carboxylic acids is 1. The fraction of sp³-hybridized carbons (Fsp3) is 0.444. The normalized spacial score (nSPS) is 10.3. The van der Waals surface area contributed by atoms with Gasteiger partial charge in [0.1, 0.15) is 6.61 Å². The van der Waals surface area contributed by atoms with Crippen LogP contribution in [0.2, 0.25) is 0 Å². The zero-order valence-corrected chi connectivity index (χ0v) is 8.67. The van der Waals surface area contributed by atoms with Gasteiger partial charge in [0.25, 0.3) is 0 Å². The molecule has 15 heavy (non-hydrogen) atoms. The molecule has 1 aromatic heterocycles. The van der Waals surface area contributed by atoms with Crippen LogP contribution in [0.25, 0.3) is 0 Å². The van der Waals surface area contributed by atoms with E-state index in [1.54, 1.807) is 0 Å². The molecule has 1 N–H and O–H groups in total. The Morgan fingerprint density at radius 3 is 2.67 bits per heavy atom. The van der Waals surface area contributed by atoms with E-state index in [2.05, 4.69) is 9.97 Å². The first-order valence-corrected chi connectivity index (χ1v) is 4.42. The van der Waals surface area contributed by atoms with Gasteiger partial charge in [0.2, 0.25) is 5.88 Å². The summed E-state index contributed by atoms with van der Waals surface area (Å²) in [7, 11) is 3.87. The first-order chi connectivity index (χ1) is 7.09. The van der Waals surface area contributed by atoms with E-state index < -0.39 is 5.97 Å². The molecule has 0 bridgehead atoms. The van der Waals surface area contributed by atoms with Crippen molar-refractivity contribution >= 4 is 5.97 Å². The van der Waals surface area contributed by atoms with Gasteiger partial charge >= 0.3 is 5.97 Å². The van der Waals surface area contributed by atoms with Crippen LogP contribution >= 0.6 is 0 Å². The third-order valence-corrected chi connectivity index (χ3v) is 1.64. The molecule has 82 valence electrons. The fourth-order valence-corrected chi connectivity index (χ4v) is 0.834.